The van der Waals surface area contributed by atoms with E-state index >= 15 is 0 Å². The van der Waals surface area contributed by atoms with Crippen molar-refractivity contribution < 1.29 is 28.6 Å². The Bertz CT molecular complexity index is 781. The molecule has 0 fully saturated rings. The predicted octanol–water partition coefficient (Wildman–Crippen LogP) is 14.3. The summed E-state index contributed by atoms with van der Waals surface area (Å²) >= 11 is 0. The maximum absolute atomic E-state index is 12.5. The van der Waals surface area contributed by atoms with Crippen molar-refractivity contribution in [3.63, 3.8) is 0 Å². The minimum atomic E-state index is -0.757. The second-order valence-corrected chi connectivity index (χ2v) is 16.2. The highest BCUT2D eigenvalue weighted by Crippen LogP contribution is 2.16. The summed E-state index contributed by atoms with van der Waals surface area (Å²) in [6, 6.07) is 0. The third-order valence-corrected chi connectivity index (χ3v) is 10.3. The maximum atomic E-state index is 12.5. The number of hydrogen-bond donors (Lipinski definition) is 0. The molecule has 52 heavy (non-hydrogen) atoms. The molecule has 0 unspecified atom stereocenters. The van der Waals surface area contributed by atoms with Gasteiger partial charge in [-0.3, -0.25) is 14.4 Å². The number of hydrogen-bond acceptors (Lipinski definition) is 6. The van der Waals surface area contributed by atoms with Crippen molar-refractivity contribution in [1.29, 1.82) is 0 Å². The first-order valence-corrected chi connectivity index (χ1v) is 22.9. The highest BCUT2D eigenvalue weighted by Gasteiger charge is 2.19. The second-order valence-electron chi connectivity index (χ2n) is 16.2. The lowest BCUT2D eigenvalue weighted by Gasteiger charge is -2.18. The summed E-state index contributed by atoms with van der Waals surface area (Å²) in [6.45, 7) is 8.88. The van der Waals surface area contributed by atoms with Crippen molar-refractivity contribution in [2.75, 3.05) is 13.2 Å². The molecule has 0 radical (unpaired) electrons. The van der Waals surface area contributed by atoms with E-state index in [1.54, 1.807) is 0 Å². The number of carbonyl (C=O) groups is 3. The average molecular weight is 737 g/mol. The van der Waals surface area contributed by atoms with E-state index in [1.807, 2.05) is 0 Å². The summed E-state index contributed by atoms with van der Waals surface area (Å²) in [5.74, 6) is -0.0743. The Hall–Kier alpha value is -1.59. The Morgan fingerprint density at radius 2 is 0.635 bits per heavy atom. The van der Waals surface area contributed by atoms with Crippen LogP contribution in [-0.4, -0.2) is 37.2 Å². The molecular weight excluding hydrogens is 649 g/mol. The standard InChI is InChI=1S/C46H88O6/c1-5-7-9-11-12-13-14-15-16-17-18-19-20-21-22-26-30-33-37-44(47)50-40-43(52-46(49)39-35-28-10-8-6-2)41-51-45(48)38-34-31-27-24-23-25-29-32-36-42(3)4/h42-43H,5-41H2,1-4H3/t43-/m1/s1. The van der Waals surface area contributed by atoms with E-state index < -0.39 is 6.10 Å². The largest absolute Gasteiger partial charge is 0.462 e. The molecule has 0 aliphatic heterocycles. The van der Waals surface area contributed by atoms with Crippen molar-refractivity contribution in [3.8, 4) is 0 Å². The molecule has 0 spiro atoms. The molecule has 0 aromatic rings. The Labute approximate surface area is 323 Å². The molecule has 0 saturated heterocycles. The van der Waals surface area contributed by atoms with Crippen molar-refractivity contribution in [2.45, 2.75) is 259 Å². The van der Waals surface area contributed by atoms with E-state index in [0.29, 0.717) is 19.3 Å². The lowest BCUT2D eigenvalue weighted by atomic mass is 10.0. The van der Waals surface area contributed by atoms with Gasteiger partial charge in [0.05, 0.1) is 0 Å². The van der Waals surface area contributed by atoms with Crippen LogP contribution in [0, 0.1) is 5.92 Å². The van der Waals surface area contributed by atoms with Crippen LogP contribution in [-0.2, 0) is 28.6 Å². The molecule has 0 amide bonds. The van der Waals surface area contributed by atoms with Gasteiger partial charge in [0, 0.05) is 19.3 Å². The fourth-order valence-electron chi connectivity index (χ4n) is 6.80. The normalized spacial score (nSPS) is 11.9. The van der Waals surface area contributed by atoms with Gasteiger partial charge in [-0.15, -0.1) is 0 Å². The third kappa shape index (κ3) is 39.6. The van der Waals surface area contributed by atoms with E-state index in [9.17, 15) is 14.4 Å². The third-order valence-electron chi connectivity index (χ3n) is 10.3. The first kappa shape index (κ1) is 50.4. The minimum Gasteiger partial charge on any atom is -0.462 e. The van der Waals surface area contributed by atoms with Crippen LogP contribution in [0.3, 0.4) is 0 Å². The summed E-state index contributed by atoms with van der Waals surface area (Å²) in [7, 11) is 0. The highest BCUT2D eigenvalue weighted by molar-refractivity contribution is 5.71. The van der Waals surface area contributed by atoms with E-state index in [0.717, 1.165) is 70.1 Å². The molecule has 0 heterocycles. The van der Waals surface area contributed by atoms with E-state index in [4.69, 9.17) is 14.2 Å². The number of esters is 3. The van der Waals surface area contributed by atoms with Gasteiger partial charge in [-0.1, -0.05) is 214 Å². The van der Waals surface area contributed by atoms with Gasteiger partial charge < -0.3 is 14.2 Å². The summed E-state index contributed by atoms with van der Waals surface area (Å²) in [5, 5.41) is 0. The molecule has 0 aromatic carbocycles. The molecule has 0 N–H and O–H groups in total. The topological polar surface area (TPSA) is 78.9 Å². The summed E-state index contributed by atoms with van der Waals surface area (Å²) in [6.07, 6.45) is 39.9. The van der Waals surface area contributed by atoms with Gasteiger partial charge in [0.2, 0.25) is 0 Å². The fourth-order valence-corrected chi connectivity index (χ4v) is 6.80. The molecular formula is C46H88O6. The van der Waals surface area contributed by atoms with Gasteiger partial charge in [0.1, 0.15) is 13.2 Å². The maximum Gasteiger partial charge on any atom is 0.306 e. The first-order valence-electron chi connectivity index (χ1n) is 22.9. The lowest BCUT2D eigenvalue weighted by Crippen LogP contribution is -2.30. The first-order chi connectivity index (χ1) is 25.4. The zero-order valence-electron chi connectivity index (χ0n) is 35.3. The van der Waals surface area contributed by atoms with Crippen molar-refractivity contribution in [2.24, 2.45) is 5.92 Å². The molecule has 0 aliphatic carbocycles. The Morgan fingerprint density at radius 3 is 0.942 bits per heavy atom. The van der Waals surface area contributed by atoms with Gasteiger partial charge in [0.15, 0.2) is 6.10 Å². The van der Waals surface area contributed by atoms with Crippen LogP contribution in [0.4, 0.5) is 0 Å². The van der Waals surface area contributed by atoms with Crippen LogP contribution in [0.2, 0.25) is 0 Å². The van der Waals surface area contributed by atoms with Gasteiger partial charge in [-0.05, 0) is 25.2 Å². The van der Waals surface area contributed by atoms with Gasteiger partial charge >= 0.3 is 17.9 Å². The molecule has 0 aliphatic rings. The van der Waals surface area contributed by atoms with E-state index in [1.165, 1.54) is 141 Å². The quantitative estimate of drug-likeness (QED) is 0.0353. The summed E-state index contributed by atoms with van der Waals surface area (Å²) in [4.78, 5) is 37.4. The van der Waals surface area contributed by atoms with E-state index in [-0.39, 0.29) is 31.1 Å². The molecule has 1 atom stereocenters. The Morgan fingerprint density at radius 1 is 0.365 bits per heavy atom. The highest BCUT2D eigenvalue weighted by atomic mass is 16.6. The molecule has 0 bridgehead atoms. The van der Waals surface area contributed by atoms with E-state index in [2.05, 4.69) is 27.7 Å². The minimum absolute atomic E-state index is 0.0656. The van der Waals surface area contributed by atoms with Crippen LogP contribution < -0.4 is 0 Å². The van der Waals surface area contributed by atoms with Crippen molar-refractivity contribution in [3.05, 3.63) is 0 Å². The zero-order chi connectivity index (χ0) is 38.2. The smallest absolute Gasteiger partial charge is 0.306 e. The van der Waals surface area contributed by atoms with Crippen LogP contribution in [0.5, 0.6) is 0 Å². The second kappa shape index (κ2) is 40.6. The van der Waals surface area contributed by atoms with Crippen molar-refractivity contribution >= 4 is 17.9 Å². The van der Waals surface area contributed by atoms with Crippen LogP contribution >= 0.6 is 0 Å². The number of unbranched alkanes of at least 4 members (excludes halogenated alkanes) is 28. The zero-order valence-corrected chi connectivity index (χ0v) is 35.3. The molecule has 6 nitrogen and oxygen atoms in total. The van der Waals surface area contributed by atoms with Crippen LogP contribution in [0.15, 0.2) is 0 Å². The van der Waals surface area contributed by atoms with Gasteiger partial charge in [-0.2, -0.15) is 0 Å². The Balaban J connectivity index is 4.08. The van der Waals surface area contributed by atoms with Crippen molar-refractivity contribution in [1.82, 2.24) is 0 Å². The lowest BCUT2D eigenvalue weighted by molar-refractivity contribution is -0.167. The number of rotatable bonds is 41. The SMILES string of the molecule is CCCCCCCCCCCCCCCCCCCCC(=O)OC[C@H](COC(=O)CCCCCCCCCCC(C)C)OC(=O)CCCCCCC. The van der Waals surface area contributed by atoms with Crippen LogP contribution in [0.1, 0.15) is 252 Å². The number of carbonyl (C=O) groups excluding carboxylic acids is 3. The fraction of sp³-hybridized carbons (Fsp3) is 0.935. The average Bonchev–Trinajstić information content (AvgIpc) is 3.12. The summed E-state index contributed by atoms with van der Waals surface area (Å²) in [5.41, 5.74) is 0. The molecule has 0 aromatic heterocycles. The number of ether oxygens (including phenoxy) is 3. The predicted molar refractivity (Wildman–Crippen MR) is 220 cm³/mol. The molecule has 0 saturated carbocycles. The monoisotopic (exact) mass is 737 g/mol. The van der Waals surface area contributed by atoms with Gasteiger partial charge in [0.25, 0.3) is 0 Å². The van der Waals surface area contributed by atoms with Crippen LogP contribution in [0.25, 0.3) is 0 Å². The van der Waals surface area contributed by atoms with Gasteiger partial charge in [-0.25, -0.2) is 0 Å². The summed E-state index contributed by atoms with van der Waals surface area (Å²) < 4.78 is 16.6. The molecule has 0 rings (SSSR count). The molecule has 308 valence electrons. The molecule has 6 heteroatoms. The Kier molecular flexibility index (Phi) is 39.4.